The van der Waals surface area contributed by atoms with Gasteiger partial charge < -0.3 is 10.4 Å². The Kier molecular flexibility index (Phi) is 3.99. The van der Waals surface area contributed by atoms with Crippen LogP contribution in [0.25, 0.3) is 0 Å². The van der Waals surface area contributed by atoms with Gasteiger partial charge in [-0.2, -0.15) is 5.10 Å². The zero-order valence-electron chi connectivity index (χ0n) is 10.8. The van der Waals surface area contributed by atoms with Gasteiger partial charge in [-0.1, -0.05) is 17.7 Å². The van der Waals surface area contributed by atoms with Crippen molar-refractivity contribution in [1.29, 1.82) is 0 Å². The Labute approximate surface area is 115 Å². The number of nitrogens with zero attached hydrogens (tertiary/aromatic N) is 2. The van der Waals surface area contributed by atoms with Crippen molar-refractivity contribution < 1.29 is 14.7 Å². The fraction of sp³-hybridized carbons (Fsp3) is 0.154. The maximum atomic E-state index is 12.1. The molecule has 0 spiro atoms. The zero-order valence-corrected chi connectivity index (χ0v) is 10.8. The number of anilines is 2. The molecule has 0 radical (unpaired) electrons. The van der Waals surface area contributed by atoms with Crippen LogP contribution in [0.4, 0.5) is 16.2 Å². The summed E-state index contributed by atoms with van der Waals surface area (Å²) in [5.41, 5.74) is 2.01. The summed E-state index contributed by atoms with van der Waals surface area (Å²) in [5, 5.41) is 17.8. The van der Waals surface area contributed by atoms with Crippen molar-refractivity contribution in [2.45, 2.75) is 6.92 Å². The van der Waals surface area contributed by atoms with Gasteiger partial charge >= 0.3 is 12.0 Å². The van der Waals surface area contributed by atoms with E-state index in [9.17, 15) is 9.59 Å². The van der Waals surface area contributed by atoms with Gasteiger partial charge in [-0.25, -0.2) is 4.79 Å². The molecule has 20 heavy (non-hydrogen) atoms. The van der Waals surface area contributed by atoms with Crippen molar-refractivity contribution in [3.05, 3.63) is 42.2 Å². The largest absolute Gasteiger partial charge is 0.480 e. The lowest BCUT2D eigenvalue weighted by Crippen LogP contribution is -2.38. The maximum Gasteiger partial charge on any atom is 0.326 e. The number of aryl methyl sites for hydroxylation is 1. The summed E-state index contributed by atoms with van der Waals surface area (Å²) in [4.78, 5) is 24.2. The molecule has 1 aromatic heterocycles. The number of rotatable bonds is 4. The summed E-state index contributed by atoms with van der Waals surface area (Å²) in [7, 11) is 0. The number of aliphatic carboxylic acids is 1. The molecule has 0 aliphatic carbocycles. The Hall–Kier alpha value is -2.83. The van der Waals surface area contributed by atoms with E-state index in [-0.39, 0.29) is 0 Å². The van der Waals surface area contributed by atoms with Gasteiger partial charge in [0, 0.05) is 11.9 Å². The van der Waals surface area contributed by atoms with Crippen molar-refractivity contribution in [3.8, 4) is 0 Å². The van der Waals surface area contributed by atoms with Crippen molar-refractivity contribution in [3.63, 3.8) is 0 Å². The fourth-order valence-electron chi connectivity index (χ4n) is 1.65. The fourth-order valence-corrected chi connectivity index (χ4v) is 1.65. The van der Waals surface area contributed by atoms with Crippen LogP contribution in [-0.4, -0.2) is 33.8 Å². The first kappa shape index (κ1) is 13.6. The molecule has 0 aliphatic heterocycles. The number of carbonyl (C=O) groups is 2. The number of hydrogen-bond donors (Lipinski definition) is 3. The highest BCUT2D eigenvalue weighted by Crippen LogP contribution is 2.16. The SMILES string of the molecule is Cc1ccc(N(CC(=O)O)C(=O)Nc2cn[nH]c2)cc1. The first-order valence-electron chi connectivity index (χ1n) is 5.92. The second-order valence-electron chi connectivity index (χ2n) is 4.23. The molecule has 1 heterocycles. The average Bonchev–Trinajstić information content (AvgIpc) is 2.89. The van der Waals surface area contributed by atoms with E-state index in [0.29, 0.717) is 11.4 Å². The first-order chi connectivity index (χ1) is 9.56. The predicted molar refractivity (Wildman–Crippen MR) is 73.8 cm³/mol. The molecular formula is C13H14N4O3. The molecule has 1 aromatic carbocycles. The van der Waals surface area contributed by atoms with Crippen LogP contribution in [0.1, 0.15) is 5.56 Å². The van der Waals surface area contributed by atoms with Gasteiger partial charge in [0.25, 0.3) is 0 Å². The molecule has 0 saturated heterocycles. The summed E-state index contributed by atoms with van der Waals surface area (Å²) < 4.78 is 0. The van der Waals surface area contributed by atoms with E-state index in [1.54, 1.807) is 12.1 Å². The van der Waals surface area contributed by atoms with Crippen molar-refractivity contribution in [1.82, 2.24) is 10.2 Å². The first-order valence-corrected chi connectivity index (χ1v) is 5.92. The third-order valence-corrected chi connectivity index (χ3v) is 2.63. The lowest BCUT2D eigenvalue weighted by Gasteiger charge is -2.21. The van der Waals surface area contributed by atoms with Gasteiger partial charge in [-0.05, 0) is 19.1 Å². The molecule has 0 aliphatic rings. The van der Waals surface area contributed by atoms with Gasteiger partial charge in [0.1, 0.15) is 6.54 Å². The summed E-state index contributed by atoms with van der Waals surface area (Å²) in [6.07, 6.45) is 2.94. The van der Waals surface area contributed by atoms with Crippen LogP contribution in [0.15, 0.2) is 36.7 Å². The van der Waals surface area contributed by atoms with E-state index in [1.165, 1.54) is 12.4 Å². The summed E-state index contributed by atoms with van der Waals surface area (Å²) in [6, 6.07) is 6.50. The zero-order chi connectivity index (χ0) is 14.5. The molecule has 2 amide bonds. The third-order valence-electron chi connectivity index (χ3n) is 2.63. The van der Waals surface area contributed by atoms with Gasteiger partial charge in [-0.15, -0.1) is 0 Å². The van der Waals surface area contributed by atoms with E-state index in [4.69, 9.17) is 5.11 Å². The number of carboxylic acids is 1. The number of carbonyl (C=O) groups excluding carboxylic acids is 1. The predicted octanol–water partition coefficient (Wildman–Crippen LogP) is 1.84. The summed E-state index contributed by atoms with van der Waals surface area (Å²) in [6.45, 7) is 1.49. The second-order valence-corrected chi connectivity index (χ2v) is 4.23. The van der Waals surface area contributed by atoms with E-state index in [0.717, 1.165) is 10.5 Å². The maximum absolute atomic E-state index is 12.1. The Morgan fingerprint density at radius 2 is 2.05 bits per heavy atom. The van der Waals surface area contributed by atoms with Crippen LogP contribution in [0.5, 0.6) is 0 Å². The molecule has 0 fully saturated rings. The summed E-state index contributed by atoms with van der Waals surface area (Å²) in [5.74, 6) is -1.09. The van der Waals surface area contributed by atoms with Crippen molar-refractivity contribution in [2.24, 2.45) is 0 Å². The van der Waals surface area contributed by atoms with Crippen LogP contribution in [-0.2, 0) is 4.79 Å². The van der Waals surface area contributed by atoms with Crippen LogP contribution in [0.3, 0.4) is 0 Å². The minimum absolute atomic E-state index is 0.424. The normalized spacial score (nSPS) is 10.1. The van der Waals surface area contributed by atoms with Crippen LogP contribution < -0.4 is 10.2 Å². The third kappa shape index (κ3) is 3.35. The number of amides is 2. The number of aromatic amines is 1. The Bertz CT molecular complexity index is 593. The average molecular weight is 274 g/mol. The molecule has 104 valence electrons. The highest BCUT2D eigenvalue weighted by molar-refractivity contribution is 6.04. The number of hydrogen-bond acceptors (Lipinski definition) is 3. The molecule has 7 heteroatoms. The topological polar surface area (TPSA) is 98.3 Å². The standard InChI is InChI=1S/C13H14N4O3/c1-9-2-4-11(5-3-9)17(8-12(18)19)13(20)16-10-6-14-15-7-10/h2-7H,8H2,1H3,(H,14,15)(H,16,20)(H,18,19). The Morgan fingerprint density at radius 1 is 1.35 bits per heavy atom. The van der Waals surface area contributed by atoms with Crippen LogP contribution in [0, 0.1) is 6.92 Å². The molecule has 0 atom stereocenters. The number of H-pyrrole nitrogens is 1. The highest BCUT2D eigenvalue weighted by Gasteiger charge is 2.19. The van der Waals surface area contributed by atoms with Crippen molar-refractivity contribution in [2.75, 3.05) is 16.8 Å². The van der Waals surface area contributed by atoms with E-state index >= 15 is 0 Å². The molecule has 0 unspecified atom stereocenters. The Morgan fingerprint density at radius 3 is 2.60 bits per heavy atom. The van der Waals surface area contributed by atoms with Crippen LogP contribution in [0.2, 0.25) is 0 Å². The summed E-state index contributed by atoms with van der Waals surface area (Å²) >= 11 is 0. The van der Waals surface area contributed by atoms with Crippen LogP contribution >= 0.6 is 0 Å². The monoisotopic (exact) mass is 274 g/mol. The van der Waals surface area contributed by atoms with Gasteiger partial charge in [0.05, 0.1) is 11.9 Å². The van der Waals surface area contributed by atoms with Gasteiger partial charge in [0.2, 0.25) is 0 Å². The lowest BCUT2D eigenvalue weighted by molar-refractivity contribution is -0.135. The molecule has 2 aromatic rings. The Balaban J connectivity index is 2.20. The van der Waals surface area contributed by atoms with E-state index in [1.807, 2.05) is 19.1 Å². The minimum Gasteiger partial charge on any atom is -0.480 e. The molecule has 2 rings (SSSR count). The lowest BCUT2D eigenvalue weighted by atomic mass is 10.2. The molecule has 3 N–H and O–H groups in total. The molecule has 0 bridgehead atoms. The van der Waals surface area contributed by atoms with E-state index in [2.05, 4.69) is 15.5 Å². The number of nitrogens with one attached hydrogen (secondary N) is 2. The van der Waals surface area contributed by atoms with Gasteiger partial charge in [-0.3, -0.25) is 14.8 Å². The number of urea groups is 1. The number of benzene rings is 1. The van der Waals surface area contributed by atoms with Gasteiger partial charge in [0.15, 0.2) is 0 Å². The quantitative estimate of drug-likeness (QED) is 0.792. The minimum atomic E-state index is -1.09. The smallest absolute Gasteiger partial charge is 0.326 e. The number of aromatic nitrogens is 2. The second kappa shape index (κ2) is 5.87. The molecular weight excluding hydrogens is 260 g/mol. The number of carboxylic acid groups (broad SMARTS) is 1. The molecule has 7 nitrogen and oxygen atoms in total. The molecule has 0 saturated carbocycles. The van der Waals surface area contributed by atoms with E-state index < -0.39 is 18.5 Å². The van der Waals surface area contributed by atoms with Crippen molar-refractivity contribution >= 4 is 23.4 Å². The highest BCUT2D eigenvalue weighted by atomic mass is 16.4.